The lowest BCUT2D eigenvalue weighted by Gasteiger charge is -2.45. The minimum atomic E-state index is 0.681. The molecule has 16 heavy (non-hydrogen) atoms. The quantitative estimate of drug-likeness (QED) is 0.789. The van der Waals surface area contributed by atoms with Crippen LogP contribution in [-0.2, 0) is 4.74 Å². The Morgan fingerprint density at radius 3 is 2.75 bits per heavy atom. The first kappa shape index (κ1) is 12.3. The summed E-state index contributed by atoms with van der Waals surface area (Å²) in [7, 11) is 0. The zero-order chi connectivity index (χ0) is 11.5. The number of likely N-dealkylation sites (tertiary alicyclic amines) is 1. The fourth-order valence-electron chi connectivity index (χ4n) is 3.24. The molecule has 0 aromatic rings. The van der Waals surface area contributed by atoms with Crippen molar-refractivity contribution < 1.29 is 4.74 Å². The lowest BCUT2D eigenvalue weighted by molar-refractivity contribution is 0.0409. The second kappa shape index (κ2) is 5.48. The molecule has 0 aliphatic carbocycles. The highest BCUT2D eigenvalue weighted by Crippen LogP contribution is 2.27. The maximum Gasteiger partial charge on any atom is 0.0622 e. The molecule has 0 amide bonds. The Morgan fingerprint density at radius 1 is 1.31 bits per heavy atom. The van der Waals surface area contributed by atoms with Crippen molar-refractivity contribution >= 4 is 0 Å². The Morgan fingerprint density at radius 2 is 2.12 bits per heavy atom. The van der Waals surface area contributed by atoms with Gasteiger partial charge >= 0.3 is 0 Å². The number of rotatable bonds is 3. The molecule has 0 bridgehead atoms. The topological polar surface area (TPSA) is 24.5 Å². The van der Waals surface area contributed by atoms with E-state index in [4.69, 9.17) is 4.74 Å². The smallest absolute Gasteiger partial charge is 0.0622 e. The van der Waals surface area contributed by atoms with Crippen molar-refractivity contribution in [2.24, 2.45) is 5.92 Å². The number of hydrogen-bond donors (Lipinski definition) is 1. The molecule has 2 heterocycles. The Hall–Kier alpha value is -0.120. The summed E-state index contributed by atoms with van der Waals surface area (Å²) in [6, 6.07) is 2.07. The maximum atomic E-state index is 5.51. The highest BCUT2D eigenvalue weighted by atomic mass is 16.5. The van der Waals surface area contributed by atoms with Crippen molar-refractivity contribution in [2.45, 2.75) is 51.7 Å². The van der Waals surface area contributed by atoms with Gasteiger partial charge in [0.1, 0.15) is 0 Å². The highest BCUT2D eigenvalue weighted by molar-refractivity contribution is 4.92. The lowest BCUT2D eigenvalue weighted by Crippen LogP contribution is -2.56. The minimum absolute atomic E-state index is 0.681. The molecule has 4 atom stereocenters. The third-order valence-electron chi connectivity index (χ3n) is 4.46. The monoisotopic (exact) mass is 226 g/mol. The summed E-state index contributed by atoms with van der Waals surface area (Å²) in [5.41, 5.74) is 0. The zero-order valence-electron chi connectivity index (χ0n) is 10.9. The summed E-state index contributed by atoms with van der Waals surface area (Å²) < 4.78 is 5.51. The number of hydrogen-bond acceptors (Lipinski definition) is 3. The molecule has 0 aromatic heterocycles. The zero-order valence-corrected chi connectivity index (χ0v) is 10.9. The number of nitrogens with one attached hydrogen (secondary N) is 1. The van der Waals surface area contributed by atoms with E-state index in [9.17, 15) is 0 Å². The molecule has 2 aliphatic rings. The van der Waals surface area contributed by atoms with Gasteiger partial charge in [-0.15, -0.1) is 0 Å². The van der Waals surface area contributed by atoms with Crippen LogP contribution in [0.1, 0.15) is 33.6 Å². The average Bonchev–Trinajstić information content (AvgIpc) is 2.79. The van der Waals surface area contributed by atoms with Gasteiger partial charge in [0, 0.05) is 31.3 Å². The molecule has 0 aromatic carbocycles. The summed E-state index contributed by atoms with van der Waals surface area (Å²) in [5, 5.41) is 3.62. The predicted molar refractivity (Wildman–Crippen MR) is 66.6 cm³/mol. The van der Waals surface area contributed by atoms with Crippen molar-refractivity contribution in [3.8, 4) is 0 Å². The SMILES string of the molecule is CCNC1CCN(C2CCOC2)C(C)C1C. The summed E-state index contributed by atoms with van der Waals surface area (Å²) in [6.07, 6.45) is 2.51. The van der Waals surface area contributed by atoms with Gasteiger partial charge in [0.15, 0.2) is 0 Å². The Labute approximate surface area is 99.5 Å². The van der Waals surface area contributed by atoms with Gasteiger partial charge in [0.25, 0.3) is 0 Å². The van der Waals surface area contributed by atoms with E-state index in [1.807, 2.05) is 0 Å². The van der Waals surface area contributed by atoms with Crippen LogP contribution < -0.4 is 5.32 Å². The first-order valence-electron chi connectivity index (χ1n) is 6.81. The van der Waals surface area contributed by atoms with Crippen LogP contribution in [0, 0.1) is 5.92 Å². The molecule has 2 saturated heterocycles. The molecule has 1 N–H and O–H groups in total. The average molecular weight is 226 g/mol. The third kappa shape index (κ3) is 2.41. The first-order chi connectivity index (χ1) is 7.74. The molecular formula is C13H26N2O. The van der Waals surface area contributed by atoms with E-state index >= 15 is 0 Å². The Kier molecular flexibility index (Phi) is 4.22. The van der Waals surface area contributed by atoms with Gasteiger partial charge < -0.3 is 10.1 Å². The van der Waals surface area contributed by atoms with Gasteiger partial charge in [0.05, 0.1) is 6.61 Å². The van der Waals surface area contributed by atoms with Gasteiger partial charge in [-0.05, 0) is 32.2 Å². The first-order valence-corrected chi connectivity index (χ1v) is 6.81. The molecule has 0 spiro atoms. The Balaban J connectivity index is 1.93. The lowest BCUT2D eigenvalue weighted by atomic mass is 9.86. The second-order valence-corrected chi connectivity index (χ2v) is 5.31. The van der Waals surface area contributed by atoms with Crippen molar-refractivity contribution in [3.63, 3.8) is 0 Å². The standard InChI is InChI=1S/C13H26N2O/c1-4-14-13-5-7-15(11(3)10(13)2)12-6-8-16-9-12/h10-14H,4-9H2,1-3H3. The molecule has 3 heteroatoms. The van der Waals surface area contributed by atoms with Crippen LogP contribution >= 0.6 is 0 Å². The molecule has 2 aliphatic heterocycles. The van der Waals surface area contributed by atoms with E-state index in [0.717, 1.165) is 25.7 Å². The third-order valence-corrected chi connectivity index (χ3v) is 4.46. The molecule has 4 unspecified atom stereocenters. The van der Waals surface area contributed by atoms with Crippen molar-refractivity contribution in [2.75, 3.05) is 26.3 Å². The number of nitrogens with zero attached hydrogens (tertiary/aromatic N) is 1. The van der Waals surface area contributed by atoms with Crippen LogP contribution in [0.25, 0.3) is 0 Å². The molecule has 2 fully saturated rings. The van der Waals surface area contributed by atoms with Gasteiger partial charge in [-0.1, -0.05) is 13.8 Å². The van der Waals surface area contributed by atoms with Gasteiger partial charge in [0.2, 0.25) is 0 Å². The van der Waals surface area contributed by atoms with Crippen LogP contribution in [0.15, 0.2) is 0 Å². The van der Waals surface area contributed by atoms with Crippen LogP contribution in [0.5, 0.6) is 0 Å². The van der Waals surface area contributed by atoms with Crippen LogP contribution in [-0.4, -0.2) is 49.3 Å². The van der Waals surface area contributed by atoms with Crippen LogP contribution in [0.3, 0.4) is 0 Å². The molecule has 2 rings (SSSR count). The summed E-state index contributed by atoms with van der Waals surface area (Å²) in [4.78, 5) is 2.67. The summed E-state index contributed by atoms with van der Waals surface area (Å²) in [5.74, 6) is 0.745. The van der Waals surface area contributed by atoms with E-state index in [1.54, 1.807) is 0 Å². The second-order valence-electron chi connectivity index (χ2n) is 5.31. The Bertz CT molecular complexity index is 216. The van der Waals surface area contributed by atoms with E-state index in [-0.39, 0.29) is 0 Å². The molecule has 94 valence electrons. The van der Waals surface area contributed by atoms with Crippen molar-refractivity contribution in [1.82, 2.24) is 10.2 Å². The maximum absolute atomic E-state index is 5.51. The van der Waals surface area contributed by atoms with Crippen molar-refractivity contribution in [1.29, 1.82) is 0 Å². The van der Waals surface area contributed by atoms with E-state index in [0.29, 0.717) is 18.1 Å². The molecular weight excluding hydrogens is 200 g/mol. The molecule has 0 saturated carbocycles. The van der Waals surface area contributed by atoms with E-state index < -0.39 is 0 Å². The van der Waals surface area contributed by atoms with Gasteiger partial charge in [-0.3, -0.25) is 4.90 Å². The fourth-order valence-corrected chi connectivity index (χ4v) is 3.24. The summed E-state index contributed by atoms with van der Waals surface area (Å²) >= 11 is 0. The van der Waals surface area contributed by atoms with E-state index in [2.05, 4.69) is 31.0 Å². The predicted octanol–water partition coefficient (Wildman–Crippen LogP) is 1.48. The number of piperidine rings is 1. The van der Waals surface area contributed by atoms with E-state index in [1.165, 1.54) is 19.4 Å². The van der Waals surface area contributed by atoms with Gasteiger partial charge in [-0.25, -0.2) is 0 Å². The normalized spacial score (nSPS) is 41.4. The highest BCUT2D eigenvalue weighted by Gasteiger charge is 2.36. The number of ether oxygens (including phenoxy) is 1. The minimum Gasteiger partial charge on any atom is -0.380 e. The van der Waals surface area contributed by atoms with Crippen molar-refractivity contribution in [3.05, 3.63) is 0 Å². The van der Waals surface area contributed by atoms with Crippen LogP contribution in [0.4, 0.5) is 0 Å². The fraction of sp³-hybridized carbons (Fsp3) is 1.00. The summed E-state index contributed by atoms with van der Waals surface area (Å²) in [6.45, 7) is 11.2. The van der Waals surface area contributed by atoms with Crippen LogP contribution in [0.2, 0.25) is 0 Å². The van der Waals surface area contributed by atoms with Gasteiger partial charge in [-0.2, -0.15) is 0 Å². The molecule has 0 radical (unpaired) electrons. The largest absolute Gasteiger partial charge is 0.380 e. The molecule has 3 nitrogen and oxygen atoms in total.